The summed E-state index contributed by atoms with van der Waals surface area (Å²) in [5.41, 5.74) is 5.02. The van der Waals surface area contributed by atoms with E-state index in [1.807, 2.05) is 0 Å². The van der Waals surface area contributed by atoms with Crippen molar-refractivity contribution in [3.63, 3.8) is 0 Å². The van der Waals surface area contributed by atoms with Gasteiger partial charge in [0.25, 0.3) is 0 Å². The third-order valence-electron chi connectivity index (χ3n) is 7.67. The molecule has 2 heterocycles. The fraction of sp³-hybridized carbons (Fsp3) is 0.727. The Hall–Kier alpha value is -1.06. The van der Waals surface area contributed by atoms with Crippen LogP contribution in [0.4, 0.5) is 5.69 Å². The van der Waals surface area contributed by atoms with E-state index in [0.717, 1.165) is 44.2 Å². The molecule has 2 saturated heterocycles. The van der Waals surface area contributed by atoms with E-state index in [0.29, 0.717) is 5.41 Å². The van der Waals surface area contributed by atoms with Gasteiger partial charge in [0.15, 0.2) is 0 Å². The molecule has 3 atom stereocenters. The van der Waals surface area contributed by atoms with Gasteiger partial charge in [-0.2, -0.15) is 0 Å². The molecule has 0 N–H and O–H groups in total. The lowest BCUT2D eigenvalue weighted by Crippen LogP contribution is -2.58. The van der Waals surface area contributed by atoms with E-state index in [4.69, 9.17) is 4.74 Å². The molecule has 0 aromatic heterocycles. The number of hydrogen-bond donors (Lipinski definition) is 0. The number of benzene rings is 1. The Morgan fingerprint density at radius 3 is 2.72 bits per heavy atom. The SMILES string of the molecule is C[C@@H]1[C@@H]2Cc3ccc(N4CCOCC4)cc3[C@@]1(C)CCN2CC1CC1. The van der Waals surface area contributed by atoms with Crippen LogP contribution < -0.4 is 4.90 Å². The highest BCUT2D eigenvalue weighted by molar-refractivity contribution is 5.55. The van der Waals surface area contributed by atoms with Gasteiger partial charge in [-0.05, 0) is 72.7 Å². The first-order chi connectivity index (χ1) is 12.1. The summed E-state index contributed by atoms with van der Waals surface area (Å²) in [6.07, 6.45) is 5.50. The van der Waals surface area contributed by atoms with Crippen LogP contribution >= 0.6 is 0 Å². The number of likely N-dealkylation sites (tertiary alicyclic amines) is 1. The minimum Gasteiger partial charge on any atom is -0.378 e. The van der Waals surface area contributed by atoms with Crippen LogP contribution in [-0.2, 0) is 16.6 Å². The van der Waals surface area contributed by atoms with Gasteiger partial charge >= 0.3 is 0 Å². The predicted octanol–water partition coefficient (Wildman–Crippen LogP) is 3.46. The fourth-order valence-corrected chi connectivity index (χ4v) is 5.57. The molecular weight excluding hydrogens is 308 g/mol. The Labute approximate surface area is 152 Å². The lowest BCUT2D eigenvalue weighted by atomic mass is 9.59. The summed E-state index contributed by atoms with van der Waals surface area (Å²) in [6, 6.07) is 8.09. The molecule has 25 heavy (non-hydrogen) atoms. The molecule has 136 valence electrons. The molecule has 0 spiro atoms. The number of hydrogen-bond acceptors (Lipinski definition) is 3. The van der Waals surface area contributed by atoms with Crippen molar-refractivity contribution in [2.45, 2.75) is 51.0 Å². The highest BCUT2D eigenvalue weighted by Gasteiger charge is 2.49. The quantitative estimate of drug-likeness (QED) is 0.838. The van der Waals surface area contributed by atoms with Gasteiger partial charge in [0.1, 0.15) is 0 Å². The van der Waals surface area contributed by atoms with Gasteiger partial charge in [-0.1, -0.05) is 19.9 Å². The Morgan fingerprint density at radius 1 is 1.16 bits per heavy atom. The predicted molar refractivity (Wildman–Crippen MR) is 102 cm³/mol. The number of morpholine rings is 1. The summed E-state index contributed by atoms with van der Waals surface area (Å²) < 4.78 is 5.54. The van der Waals surface area contributed by atoms with Gasteiger partial charge in [0.2, 0.25) is 0 Å². The number of piperidine rings is 1. The van der Waals surface area contributed by atoms with E-state index in [2.05, 4.69) is 41.8 Å². The second kappa shape index (κ2) is 5.99. The Morgan fingerprint density at radius 2 is 1.96 bits per heavy atom. The smallest absolute Gasteiger partial charge is 0.0642 e. The number of anilines is 1. The maximum Gasteiger partial charge on any atom is 0.0642 e. The highest BCUT2D eigenvalue weighted by atomic mass is 16.5. The van der Waals surface area contributed by atoms with Crippen LogP contribution in [-0.4, -0.2) is 50.3 Å². The van der Waals surface area contributed by atoms with Crippen LogP contribution in [0.2, 0.25) is 0 Å². The van der Waals surface area contributed by atoms with Gasteiger partial charge in [-0.15, -0.1) is 0 Å². The summed E-state index contributed by atoms with van der Waals surface area (Å²) in [4.78, 5) is 5.34. The molecule has 1 aromatic carbocycles. The molecule has 3 nitrogen and oxygen atoms in total. The molecule has 0 amide bonds. The molecule has 3 fully saturated rings. The third kappa shape index (κ3) is 2.71. The summed E-state index contributed by atoms with van der Waals surface area (Å²) in [5, 5.41) is 0. The number of rotatable bonds is 3. The van der Waals surface area contributed by atoms with Crippen LogP contribution in [0.3, 0.4) is 0 Å². The zero-order valence-corrected chi connectivity index (χ0v) is 15.8. The Bertz CT molecular complexity index is 649. The van der Waals surface area contributed by atoms with Crippen molar-refractivity contribution in [2.24, 2.45) is 11.8 Å². The van der Waals surface area contributed by atoms with Gasteiger partial charge in [0, 0.05) is 31.4 Å². The lowest BCUT2D eigenvalue weighted by molar-refractivity contribution is 0.0284. The van der Waals surface area contributed by atoms with Gasteiger partial charge in [-0.3, -0.25) is 4.90 Å². The summed E-state index contributed by atoms with van der Waals surface area (Å²) in [6.45, 7) is 11.5. The van der Waals surface area contributed by atoms with Crippen molar-refractivity contribution in [3.05, 3.63) is 29.3 Å². The average molecular weight is 341 g/mol. The number of ether oxygens (including phenoxy) is 1. The van der Waals surface area contributed by atoms with Crippen molar-refractivity contribution in [3.8, 4) is 0 Å². The lowest BCUT2D eigenvalue weighted by Gasteiger charge is -2.55. The van der Waals surface area contributed by atoms with Crippen LogP contribution in [0.15, 0.2) is 18.2 Å². The molecule has 3 heteroatoms. The van der Waals surface area contributed by atoms with Crippen molar-refractivity contribution < 1.29 is 4.74 Å². The zero-order valence-electron chi connectivity index (χ0n) is 15.8. The third-order valence-corrected chi connectivity index (χ3v) is 7.67. The molecule has 1 saturated carbocycles. The van der Waals surface area contributed by atoms with E-state index in [-0.39, 0.29) is 0 Å². The molecule has 1 aromatic rings. The van der Waals surface area contributed by atoms with Crippen LogP contribution in [0.5, 0.6) is 0 Å². The zero-order chi connectivity index (χ0) is 17.0. The van der Waals surface area contributed by atoms with E-state index in [9.17, 15) is 0 Å². The largest absolute Gasteiger partial charge is 0.378 e. The first-order valence-corrected chi connectivity index (χ1v) is 10.4. The normalized spacial score (nSPS) is 35.5. The summed E-state index contributed by atoms with van der Waals surface area (Å²) >= 11 is 0. The van der Waals surface area contributed by atoms with Crippen LogP contribution in [0, 0.1) is 11.8 Å². The van der Waals surface area contributed by atoms with Crippen molar-refractivity contribution >= 4 is 5.69 Å². The molecule has 5 rings (SSSR count). The molecule has 2 aliphatic heterocycles. The molecule has 0 radical (unpaired) electrons. The van der Waals surface area contributed by atoms with Crippen molar-refractivity contribution in [1.29, 1.82) is 0 Å². The second-order valence-electron chi connectivity index (χ2n) is 9.11. The highest BCUT2D eigenvalue weighted by Crippen LogP contribution is 2.50. The maximum atomic E-state index is 5.54. The van der Waals surface area contributed by atoms with Gasteiger partial charge < -0.3 is 9.64 Å². The topological polar surface area (TPSA) is 15.7 Å². The van der Waals surface area contributed by atoms with E-state index < -0.39 is 0 Å². The number of nitrogens with zero attached hydrogens (tertiary/aromatic N) is 2. The summed E-state index contributed by atoms with van der Waals surface area (Å²) in [5.74, 6) is 1.76. The minimum atomic E-state index is 0.348. The molecule has 2 aliphatic carbocycles. The first kappa shape index (κ1) is 16.1. The van der Waals surface area contributed by atoms with E-state index >= 15 is 0 Å². The molecule has 2 bridgehead atoms. The Balaban J connectivity index is 1.46. The Kier molecular flexibility index (Phi) is 3.87. The van der Waals surface area contributed by atoms with E-state index in [1.165, 1.54) is 44.5 Å². The summed E-state index contributed by atoms with van der Waals surface area (Å²) in [7, 11) is 0. The van der Waals surface area contributed by atoms with Crippen molar-refractivity contribution in [1.82, 2.24) is 4.90 Å². The van der Waals surface area contributed by atoms with Crippen LogP contribution in [0.25, 0.3) is 0 Å². The second-order valence-corrected chi connectivity index (χ2v) is 9.11. The average Bonchev–Trinajstić information content (AvgIpc) is 3.45. The molecular formula is C22H32N2O. The fourth-order valence-electron chi connectivity index (χ4n) is 5.57. The number of fused-ring (bicyclic) bond motifs is 4. The van der Waals surface area contributed by atoms with Crippen molar-refractivity contribution in [2.75, 3.05) is 44.3 Å². The maximum absolute atomic E-state index is 5.54. The molecule has 0 unspecified atom stereocenters. The van der Waals surface area contributed by atoms with Gasteiger partial charge in [-0.25, -0.2) is 0 Å². The monoisotopic (exact) mass is 340 g/mol. The first-order valence-electron chi connectivity index (χ1n) is 10.4. The minimum absolute atomic E-state index is 0.348. The van der Waals surface area contributed by atoms with Crippen LogP contribution in [0.1, 0.15) is 44.2 Å². The standard InChI is InChI=1S/C22H32N2O/c1-16-21-13-18-5-6-19(23-9-11-25-12-10-23)14-20(18)22(16,2)7-8-24(21)15-17-3-4-17/h5-6,14,16-17,21H,3-4,7-13,15H2,1-2H3/t16-,21+,22+/m1/s1. The molecule has 4 aliphatic rings. The van der Waals surface area contributed by atoms with Gasteiger partial charge in [0.05, 0.1) is 13.2 Å². The van der Waals surface area contributed by atoms with E-state index in [1.54, 1.807) is 11.1 Å².